The van der Waals surface area contributed by atoms with Crippen LogP contribution in [-0.2, 0) is 0 Å². The van der Waals surface area contributed by atoms with E-state index >= 15 is 0 Å². The van der Waals surface area contributed by atoms with Gasteiger partial charge in [-0.3, -0.25) is 4.79 Å². The average molecular weight is 439 g/mol. The Labute approximate surface area is 187 Å². The standard InChI is InChI=1S/C26H30O6/c1-17(9-14-22(27)26(2,3)29)15-16-31-25-23(18-10-12-19(30-4)13-11-18)24(28)20-7-5-6-8-21(20)32-25/h5-8,10-13,15,22,27,29H,9,14,16H2,1-4H3. The van der Waals surface area contributed by atoms with Crippen LogP contribution in [0.3, 0.4) is 0 Å². The van der Waals surface area contributed by atoms with E-state index < -0.39 is 11.7 Å². The first-order valence-electron chi connectivity index (χ1n) is 10.6. The van der Waals surface area contributed by atoms with E-state index in [0.717, 1.165) is 5.57 Å². The van der Waals surface area contributed by atoms with Crippen molar-refractivity contribution in [1.29, 1.82) is 0 Å². The van der Waals surface area contributed by atoms with Crippen LogP contribution in [0.5, 0.6) is 11.7 Å². The summed E-state index contributed by atoms with van der Waals surface area (Å²) in [7, 11) is 1.59. The molecule has 0 aliphatic heterocycles. The van der Waals surface area contributed by atoms with Crippen molar-refractivity contribution in [2.45, 2.75) is 45.3 Å². The third-order valence-electron chi connectivity index (χ3n) is 5.42. The van der Waals surface area contributed by atoms with Crippen molar-refractivity contribution in [1.82, 2.24) is 0 Å². The van der Waals surface area contributed by atoms with E-state index in [2.05, 4.69) is 0 Å². The Balaban J connectivity index is 1.86. The molecule has 1 aromatic heterocycles. The zero-order valence-electron chi connectivity index (χ0n) is 18.9. The number of aliphatic hydroxyl groups is 2. The fraction of sp³-hybridized carbons (Fsp3) is 0.346. The van der Waals surface area contributed by atoms with Crippen molar-refractivity contribution in [2.24, 2.45) is 0 Å². The quantitative estimate of drug-likeness (QED) is 0.471. The molecule has 6 heteroatoms. The van der Waals surface area contributed by atoms with Gasteiger partial charge in [0.15, 0.2) is 0 Å². The highest BCUT2D eigenvalue weighted by Gasteiger charge is 2.23. The van der Waals surface area contributed by atoms with Gasteiger partial charge in [-0.1, -0.05) is 29.8 Å². The Hall–Kier alpha value is -3.09. The Bertz CT molecular complexity index is 1140. The van der Waals surface area contributed by atoms with E-state index in [0.29, 0.717) is 40.7 Å². The van der Waals surface area contributed by atoms with E-state index in [1.165, 1.54) is 0 Å². The van der Waals surface area contributed by atoms with Crippen molar-refractivity contribution < 1.29 is 24.1 Å². The van der Waals surface area contributed by atoms with Crippen molar-refractivity contribution >= 4 is 11.0 Å². The molecule has 0 amide bonds. The van der Waals surface area contributed by atoms with Crippen LogP contribution in [-0.4, -0.2) is 35.6 Å². The van der Waals surface area contributed by atoms with Crippen molar-refractivity contribution in [3.8, 4) is 22.8 Å². The minimum Gasteiger partial charge on any atom is -0.497 e. The molecule has 0 spiro atoms. The molecule has 6 nitrogen and oxygen atoms in total. The maximum Gasteiger partial charge on any atom is 0.297 e. The van der Waals surface area contributed by atoms with Gasteiger partial charge in [0.05, 0.1) is 24.2 Å². The van der Waals surface area contributed by atoms with E-state index in [1.807, 2.05) is 13.0 Å². The van der Waals surface area contributed by atoms with Crippen molar-refractivity contribution in [3.63, 3.8) is 0 Å². The summed E-state index contributed by atoms with van der Waals surface area (Å²) in [5.74, 6) is 0.840. The highest BCUT2D eigenvalue weighted by Crippen LogP contribution is 2.31. The SMILES string of the molecule is COc1ccc(-c2c(OCC=C(C)CCC(O)C(C)(C)O)oc3ccccc3c2=O)cc1. The van der Waals surface area contributed by atoms with Crippen LogP contribution >= 0.6 is 0 Å². The second-order valence-corrected chi connectivity index (χ2v) is 8.39. The Morgan fingerprint density at radius 1 is 1.16 bits per heavy atom. The third kappa shape index (κ3) is 5.58. The number of para-hydroxylation sites is 1. The van der Waals surface area contributed by atoms with Gasteiger partial charge in [-0.2, -0.15) is 0 Å². The van der Waals surface area contributed by atoms with E-state index in [1.54, 1.807) is 69.5 Å². The molecule has 0 aliphatic carbocycles. The summed E-state index contributed by atoms with van der Waals surface area (Å²) in [6.45, 7) is 5.31. The van der Waals surface area contributed by atoms with Gasteiger partial charge in [0.25, 0.3) is 5.95 Å². The van der Waals surface area contributed by atoms with E-state index in [-0.39, 0.29) is 18.0 Å². The molecule has 32 heavy (non-hydrogen) atoms. The number of allylic oxidation sites excluding steroid dienone is 1. The normalized spacial score (nSPS) is 13.2. The number of hydrogen-bond donors (Lipinski definition) is 2. The minimum atomic E-state index is -1.14. The molecule has 3 rings (SSSR count). The maximum atomic E-state index is 13.2. The molecular formula is C26H30O6. The van der Waals surface area contributed by atoms with Crippen LogP contribution < -0.4 is 14.9 Å². The minimum absolute atomic E-state index is 0.152. The molecule has 1 heterocycles. The molecule has 0 saturated heterocycles. The predicted molar refractivity (Wildman–Crippen MR) is 125 cm³/mol. The van der Waals surface area contributed by atoms with Gasteiger partial charge in [0.1, 0.15) is 23.5 Å². The van der Waals surface area contributed by atoms with Crippen LogP contribution in [0.25, 0.3) is 22.1 Å². The summed E-state index contributed by atoms with van der Waals surface area (Å²) in [6, 6.07) is 14.2. The maximum absolute atomic E-state index is 13.2. The fourth-order valence-electron chi connectivity index (χ4n) is 3.31. The number of benzene rings is 2. The molecular weight excluding hydrogens is 408 g/mol. The van der Waals surface area contributed by atoms with Gasteiger partial charge in [0, 0.05) is 0 Å². The molecule has 3 aromatic rings. The highest BCUT2D eigenvalue weighted by molar-refractivity contribution is 5.84. The molecule has 1 atom stereocenters. The first-order chi connectivity index (χ1) is 15.2. The van der Waals surface area contributed by atoms with Crippen LogP contribution in [0, 0.1) is 0 Å². The molecule has 0 bridgehead atoms. The zero-order valence-corrected chi connectivity index (χ0v) is 18.9. The Morgan fingerprint density at radius 2 is 1.84 bits per heavy atom. The van der Waals surface area contributed by atoms with Crippen LogP contribution in [0.2, 0.25) is 0 Å². The highest BCUT2D eigenvalue weighted by atomic mass is 16.6. The molecule has 0 radical (unpaired) electrons. The first kappa shape index (κ1) is 23.6. The van der Waals surface area contributed by atoms with E-state index in [9.17, 15) is 15.0 Å². The average Bonchev–Trinajstić information content (AvgIpc) is 2.77. The summed E-state index contributed by atoms with van der Waals surface area (Å²) >= 11 is 0. The molecule has 2 N–H and O–H groups in total. The number of fused-ring (bicyclic) bond motifs is 1. The lowest BCUT2D eigenvalue weighted by Crippen LogP contribution is -2.35. The van der Waals surface area contributed by atoms with Crippen LogP contribution in [0.1, 0.15) is 33.6 Å². The molecule has 2 aromatic carbocycles. The molecule has 0 aliphatic rings. The van der Waals surface area contributed by atoms with Crippen LogP contribution in [0.15, 0.2) is 69.4 Å². The lowest BCUT2D eigenvalue weighted by atomic mass is 9.96. The van der Waals surface area contributed by atoms with Gasteiger partial charge >= 0.3 is 0 Å². The van der Waals surface area contributed by atoms with Gasteiger partial charge in [-0.05, 0) is 69.5 Å². The van der Waals surface area contributed by atoms with Gasteiger partial charge in [0.2, 0.25) is 5.43 Å². The molecule has 1 unspecified atom stereocenters. The summed E-state index contributed by atoms with van der Waals surface area (Å²) in [5, 5.41) is 20.4. The monoisotopic (exact) mass is 438 g/mol. The summed E-state index contributed by atoms with van der Waals surface area (Å²) in [6.07, 6.45) is 2.12. The number of ether oxygens (including phenoxy) is 2. The fourth-order valence-corrected chi connectivity index (χ4v) is 3.31. The number of rotatable bonds is 9. The lowest BCUT2D eigenvalue weighted by Gasteiger charge is -2.24. The predicted octanol–water partition coefficient (Wildman–Crippen LogP) is 4.71. The Morgan fingerprint density at radius 3 is 2.50 bits per heavy atom. The third-order valence-corrected chi connectivity index (χ3v) is 5.42. The van der Waals surface area contributed by atoms with Gasteiger partial charge < -0.3 is 24.1 Å². The zero-order chi connectivity index (χ0) is 23.3. The number of methoxy groups -OCH3 is 1. The number of hydrogen-bond acceptors (Lipinski definition) is 6. The molecule has 0 fully saturated rings. The lowest BCUT2D eigenvalue weighted by molar-refractivity contribution is -0.0509. The summed E-state index contributed by atoms with van der Waals surface area (Å²) in [5.41, 5.74) is 1.19. The van der Waals surface area contributed by atoms with Gasteiger partial charge in [-0.15, -0.1) is 0 Å². The van der Waals surface area contributed by atoms with Crippen molar-refractivity contribution in [2.75, 3.05) is 13.7 Å². The largest absolute Gasteiger partial charge is 0.497 e. The summed E-state index contributed by atoms with van der Waals surface area (Å²) in [4.78, 5) is 13.2. The van der Waals surface area contributed by atoms with Crippen molar-refractivity contribution in [3.05, 3.63) is 70.4 Å². The number of aliphatic hydroxyl groups excluding tert-OH is 1. The summed E-state index contributed by atoms with van der Waals surface area (Å²) < 4.78 is 17.1. The smallest absolute Gasteiger partial charge is 0.297 e. The van der Waals surface area contributed by atoms with Gasteiger partial charge in [-0.25, -0.2) is 0 Å². The molecule has 0 saturated carbocycles. The second kappa shape index (κ2) is 10.0. The van der Waals surface area contributed by atoms with E-state index in [4.69, 9.17) is 13.9 Å². The molecule has 170 valence electrons. The Kier molecular flexibility index (Phi) is 7.38. The second-order valence-electron chi connectivity index (χ2n) is 8.39. The topological polar surface area (TPSA) is 89.1 Å². The van der Waals surface area contributed by atoms with Crippen LogP contribution in [0.4, 0.5) is 0 Å². The first-order valence-corrected chi connectivity index (χ1v) is 10.6.